The van der Waals surface area contributed by atoms with Crippen molar-refractivity contribution < 1.29 is 14.3 Å². The lowest BCUT2D eigenvalue weighted by Crippen LogP contribution is -2.50. The van der Waals surface area contributed by atoms with Crippen LogP contribution in [0.25, 0.3) is 0 Å². The zero-order valence-electron chi connectivity index (χ0n) is 19.0. The molecule has 31 heavy (non-hydrogen) atoms. The van der Waals surface area contributed by atoms with Crippen LogP contribution in [-0.4, -0.2) is 35.4 Å². The SMILES string of the molecule is CC[C@H](C)NC(=O)[C@H](C)N(Cc1ccc(Cl)cc1)C(=O)COc1ccc(C(C)C)cc1. The molecule has 0 aliphatic rings. The molecule has 2 amide bonds. The maximum absolute atomic E-state index is 13.1. The number of halogens is 1. The topological polar surface area (TPSA) is 58.6 Å². The number of hydrogen-bond donors (Lipinski definition) is 1. The van der Waals surface area contributed by atoms with Gasteiger partial charge in [0.2, 0.25) is 5.91 Å². The standard InChI is InChI=1S/C25H33ClN2O3/c1-6-18(4)27-25(30)19(5)28(15-20-7-11-22(26)12-8-20)24(29)16-31-23-13-9-21(10-14-23)17(2)3/h7-14,17-19H,6,15-16H2,1-5H3,(H,27,30)/t18-,19-/m0/s1. The summed E-state index contributed by atoms with van der Waals surface area (Å²) in [4.78, 5) is 27.3. The van der Waals surface area contributed by atoms with E-state index in [-0.39, 0.29) is 24.5 Å². The van der Waals surface area contributed by atoms with Gasteiger partial charge in [-0.25, -0.2) is 0 Å². The smallest absolute Gasteiger partial charge is 0.261 e. The van der Waals surface area contributed by atoms with Gasteiger partial charge < -0.3 is 15.0 Å². The Kier molecular flexibility index (Phi) is 9.38. The largest absolute Gasteiger partial charge is 0.484 e. The van der Waals surface area contributed by atoms with E-state index in [1.54, 1.807) is 24.0 Å². The maximum atomic E-state index is 13.1. The van der Waals surface area contributed by atoms with Gasteiger partial charge in [-0.1, -0.05) is 56.6 Å². The van der Waals surface area contributed by atoms with Crippen LogP contribution < -0.4 is 10.1 Å². The average Bonchev–Trinajstić information content (AvgIpc) is 2.76. The van der Waals surface area contributed by atoms with Gasteiger partial charge in [-0.3, -0.25) is 9.59 Å². The van der Waals surface area contributed by atoms with Crippen molar-refractivity contribution in [2.75, 3.05) is 6.61 Å². The second-order valence-corrected chi connectivity index (χ2v) is 8.59. The third-order valence-electron chi connectivity index (χ3n) is 5.34. The van der Waals surface area contributed by atoms with Crippen LogP contribution in [0.5, 0.6) is 5.75 Å². The first-order valence-corrected chi connectivity index (χ1v) is 11.2. The number of amides is 2. The molecule has 5 nitrogen and oxygen atoms in total. The lowest BCUT2D eigenvalue weighted by molar-refractivity contribution is -0.142. The van der Waals surface area contributed by atoms with Crippen molar-refractivity contribution in [3.63, 3.8) is 0 Å². The van der Waals surface area contributed by atoms with Crippen molar-refractivity contribution in [3.05, 3.63) is 64.7 Å². The summed E-state index contributed by atoms with van der Waals surface area (Å²) in [5.74, 6) is 0.615. The van der Waals surface area contributed by atoms with Gasteiger partial charge in [0.1, 0.15) is 11.8 Å². The van der Waals surface area contributed by atoms with Crippen LogP contribution in [0.15, 0.2) is 48.5 Å². The van der Waals surface area contributed by atoms with E-state index in [1.165, 1.54) is 5.56 Å². The number of nitrogens with zero attached hydrogens (tertiary/aromatic N) is 1. The monoisotopic (exact) mass is 444 g/mol. The van der Waals surface area contributed by atoms with E-state index in [9.17, 15) is 9.59 Å². The van der Waals surface area contributed by atoms with Crippen molar-refractivity contribution in [2.24, 2.45) is 0 Å². The second-order valence-electron chi connectivity index (χ2n) is 8.15. The minimum absolute atomic E-state index is 0.0400. The zero-order chi connectivity index (χ0) is 23.0. The number of hydrogen-bond acceptors (Lipinski definition) is 3. The van der Waals surface area contributed by atoms with Crippen LogP contribution in [0.1, 0.15) is 58.1 Å². The van der Waals surface area contributed by atoms with Crippen LogP contribution >= 0.6 is 11.6 Å². The van der Waals surface area contributed by atoms with E-state index in [0.29, 0.717) is 23.2 Å². The number of carbonyl (C=O) groups excluding carboxylic acids is 2. The molecular formula is C25H33ClN2O3. The lowest BCUT2D eigenvalue weighted by atomic mass is 10.0. The zero-order valence-corrected chi connectivity index (χ0v) is 19.8. The van der Waals surface area contributed by atoms with Gasteiger partial charge in [0.25, 0.3) is 5.91 Å². The summed E-state index contributed by atoms with van der Waals surface area (Å²) in [6.45, 7) is 10.1. The quantitative estimate of drug-likeness (QED) is 0.549. The molecule has 0 saturated heterocycles. The molecule has 0 bridgehead atoms. The molecule has 0 aromatic heterocycles. The number of carbonyl (C=O) groups is 2. The molecule has 1 N–H and O–H groups in total. The molecule has 0 unspecified atom stereocenters. The fraction of sp³-hybridized carbons (Fsp3) is 0.440. The Hall–Kier alpha value is -2.53. The highest BCUT2D eigenvalue weighted by atomic mass is 35.5. The molecule has 2 aromatic carbocycles. The Labute approximate surface area is 190 Å². The summed E-state index contributed by atoms with van der Waals surface area (Å²) in [6.07, 6.45) is 0.819. The molecule has 0 aliphatic heterocycles. The predicted octanol–water partition coefficient (Wildman–Crippen LogP) is 5.17. The Morgan fingerprint density at radius 3 is 2.16 bits per heavy atom. The van der Waals surface area contributed by atoms with Gasteiger partial charge in [0.05, 0.1) is 0 Å². The van der Waals surface area contributed by atoms with Crippen molar-refractivity contribution >= 4 is 23.4 Å². The third kappa shape index (κ3) is 7.59. The van der Waals surface area contributed by atoms with E-state index in [1.807, 2.05) is 50.2 Å². The number of nitrogens with one attached hydrogen (secondary N) is 1. The summed E-state index contributed by atoms with van der Waals surface area (Å²) < 4.78 is 5.73. The van der Waals surface area contributed by atoms with Gasteiger partial charge in [0, 0.05) is 17.6 Å². The Morgan fingerprint density at radius 1 is 1.00 bits per heavy atom. The number of benzene rings is 2. The first-order valence-electron chi connectivity index (χ1n) is 10.8. The van der Waals surface area contributed by atoms with Gasteiger partial charge >= 0.3 is 0 Å². The van der Waals surface area contributed by atoms with E-state index in [4.69, 9.17) is 16.3 Å². The van der Waals surface area contributed by atoms with Gasteiger partial charge in [-0.05, 0) is 61.6 Å². The molecular weight excluding hydrogens is 412 g/mol. The summed E-state index contributed by atoms with van der Waals surface area (Å²) in [7, 11) is 0. The van der Waals surface area contributed by atoms with Crippen LogP contribution in [0, 0.1) is 0 Å². The highest BCUT2D eigenvalue weighted by molar-refractivity contribution is 6.30. The van der Waals surface area contributed by atoms with Gasteiger partial charge in [-0.2, -0.15) is 0 Å². The molecule has 2 rings (SSSR count). The van der Waals surface area contributed by atoms with Crippen molar-refractivity contribution in [2.45, 2.75) is 65.6 Å². The minimum Gasteiger partial charge on any atom is -0.484 e. The van der Waals surface area contributed by atoms with Crippen LogP contribution in [0.3, 0.4) is 0 Å². The van der Waals surface area contributed by atoms with E-state index >= 15 is 0 Å². The van der Waals surface area contributed by atoms with E-state index in [0.717, 1.165) is 12.0 Å². The highest BCUT2D eigenvalue weighted by Gasteiger charge is 2.27. The van der Waals surface area contributed by atoms with E-state index in [2.05, 4.69) is 19.2 Å². The molecule has 0 spiro atoms. The minimum atomic E-state index is -0.635. The fourth-order valence-electron chi connectivity index (χ4n) is 3.01. The van der Waals surface area contributed by atoms with Crippen molar-refractivity contribution in [1.82, 2.24) is 10.2 Å². The van der Waals surface area contributed by atoms with E-state index < -0.39 is 6.04 Å². The van der Waals surface area contributed by atoms with Gasteiger partial charge in [-0.15, -0.1) is 0 Å². The van der Waals surface area contributed by atoms with Crippen LogP contribution in [-0.2, 0) is 16.1 Å². The molecule has 168 valence electrons. The molecule has 0 fully saturated rings. The maximum Gasteiger partial charge on any atom is 0.261 e. The van der Waals surface area contributed by atoms with Crippen LogP contribution in [0.2, 0.25) is 5.02 Å². The summed E-state index contributed by atoms with van der Waals surface area (Å²) in [5.41, 5.74) is 2.10. The third-order valence-corrected chi connectivity index (χ3v) is 5.60. The Morgan fingerprint density at radius 2 is 1.61 bits per heavy atom. The fourth-order valence-corrected chi connectivity index (χ4v) is 3.14. The Bertz CT molecular complexity index is 850. The molecule has 2 aromatic rings. The van der Waals surface area contributed by atoms with Crippen LogP contribution in [0.4, 0.5) is 0 Å². The summed E-state index contributed by atoms with van der Waals surface area (Å²) >= 11 is 5.98. The normalized spacial score (nSPS) is 12.9. The summed E-state index contributed by atoms with van der Waals surface area (Å²) in [5, 5.41) is 3.58. The molecule has 2 atom stereocenters. The predicted molar refractivity (Wildman–Crippen MR) is 125 cm³/mol. The number of ether oxygens (including phenoxy) is 1. The Balaban J connectivity index is 2.12. The molecule has 0 aliphatic carbocycles. The number of rotatable bonds is 10. The average molecular weight is 445 g/mol. The van der Waals surface area contributed by atoms with Crippen molar-refractivity contribution in [1.29, 1.82) is 0 Å². The highest BCUT2D eigenvalue weighted by Crippen LogP contribution is 2.19. The first kappa shape index (κ1) is 24.7. The first-order chi connectivity index (χ1) is 14.7. The summed E-state index contributed by atoms with van der Waals surface area (Å²) in [6, 6.07) is 14.4. The molecule has 0 heterocycles. The molecule has 0 saturated carbocycles. The van der Waals surface area contributed by atoms with Gasteiger partial charge in [0.15, 0.2) is 6.61 Å². The lowest BCUT2D eigenvalue weighted by Gasteiger charge is -2.29. The molecule has 0 radical (unpaired) electrons. The second kappa shape index (κ2) is 11.8. The van der Waals surface area contributed by atoms with Crippen molar-refractivity contribution in [3.8, 4) is 5.75 Å². The molecule has 6 heteroatoms.